The lowest BCUT2D eigenvalue weighted by molar-refractivity contribution is -0.156. The van der Waals surface area contributed by atoms with Crippen LogP contribution in [0.2, 0.25) is 0 Å². The summed E-state index contributed by atoms with van der Waals surface area (Å²) in [7, 11) is 2.66. The summed E-state index contributed by atoms with van der Waals surface area (Å²) in [6.45, 7) is 0.603. The Balaban J connectivity index is 1.55. The van der Waals surface area contributed by atoms with Crippen molar-refractivity contribution in [1.82, 2.24) is 15.1 Å². The van der Waals surface area contributed by atoms with E-state index in [2.05, 4.69) is 10.2 Å². The quantitative estimate of drug-likeness (QED) is 0.409. The highest BCUT2D eigenvalue weighted by Crippen LogP contribution is 2.30. The van der Waals surface area contributed by atoms with Gasteiger partial charge < -0.3 is 14.4 Å². The maximum absolute atomic E-state index is 12.7. The minimum atomic E-state index is -4.73. The van der Waals surface area contributed by atoms with Gasteiger partial charge in [-0.1, -0.05) is 29.7 Å². The molecule has 8 nitrogen and oxygen atoms in total. The van der Waals surface area contributed by atoms with Crippen LogP contribution in [-0.2, 0) is 22.6 Å². The predicted octanol–water partition coefficient (Wildman–Crippen LogP) is 1.56. The molecule has 34 heavy (non-hydrogen) atoms. The lowest BCUT2D eigenvalue weighted by atomic mass is 9.96. The van der Waals surface area contributed by atoms with Crippen molar-refractivity contribution in [2.45, 2.75) is 19.1 Å². The van der Waals surface area contributed by atoms with Crippen LogP contribution in [-0.4, -0.2) is 67.4 Å². The van der Waals surface area contributed by atoms with Crippen molar-refractivity contribution in [2.24, 2.45) is 0 Å². The van der Waals surface area contributed by atoms with Crippen molar-refractivity contribution in [2.75, 3.05) is 29.5 Å². The van der Waals surface area contributed by atoms with E-state index in [4.69, 9.17) is 12.3 Å². The Morgan fingerprint density at radius 1 is 1.06 bits per heavy atom. The summed E-state index contributed by atoms with van der Waals surface area (Å²) < 4.78 is 66.4. The molecule has 1 unspecified atom stereocenters. The van der Waals surface area contributed by atoms with E-state index >= 15 is 0 Å². The molecule has 0 saturated carbocycles. The number of hydrogen-bond acceptors (Lipinski definition) is 8. The zero-order valence-electron chi connectivity index (χ0n) is 17.8. The van der Waals surface area contributed by atoms with Crippen LogP contribution >= 0.6 is 0 Å². The summed E-state index contributed by atoms with van der Waals surface area (Å²) >= 11 is 0. The largest absolute Gasteiger partial charge is 0.470 e. The topological polar surface area (TPSA) is 99.8 Å². The Labute approximate surface area is 195 Å². The van der Waals surface area contributed by atoms with Gasteiger partial charge in [0.15, 0.2) is 16.2 Å². The Kier molecular flexibility index (Phi) is 6.70. The second-order valence-corrected chi connectivity index (χ2v) is 10.2. The first kappa shape index (κ1) is 24.2. The van der Waals surface area contributed by atoms with Gasteiger partial charge in [0.2, 0.25) is 5.89 Å². The number of alkyl halides is 3. The van der Waals surface area contributed by atoms with Gasteiger partial charge in [0.25, 0.3) is 0 Å². The van der Waals surface area contributed by atoms with Crippen molar-refractivity contribution in [3.8, 4) is 11.5 Å². The van der Waals surface area contributed by atoms with Crippen LogP contribution in [0, 0.1) is 0 Å². The number of halogens is 3. The fourth-order valence-electron chi connectivity index (χ4n) is 3.53. The zero-order chi connectivity index (χ0) is 24.5. The average molecular weight is 492 g/mol. The number of anilines is 1. The first-order valence-electron chi connectivity index (χ1n) is 10.3. The molecule has 0 amide bonds. The van der Waals surface area contributed by atoms with Crippen LogP contribution in [0.1, 0.15) is 11.5 Å². The number of aromatic nitrogens is 2. The summed E-state index contributed by atoms with van der Waals surface area (Å²) in [4.78, 5) is 3.35. The van der Waals surface area contributed by atoms with Crippen molar-refractivity contribution in [3.05, 3.63) is 60.0 Å². The van der Waals surface area contributed by atoms with Crippen molar-refractivity contribution in [3.63, 3.8) is 0 Å². The van der Waals surface area contributed by atoms with Gasteiger partial charge in [-0.2, -0.15) is 13.2 Å². The molecule has 1 saturated heterocycles. The summed E-state index contributed by atoms with van der Waals surface area (Å²) in [6.07, 6.45) is -5.83. The third-order valence-corrected chi connectivity index (χ3v) is 7.04. The lowest BCUT2D eigenvalue weighted by Gasteiger charge is -2.39. The molecular formula is C21H20BF3N4O4S. The van der Waals surface area contributed by atoms with E-state index < -0.39 is 28.3 Å². The molecule has 1 aromatic heterocycles. The van der Waals surface area contributed by atoms with Crippen LogP contribution in [0.15, 0.2) is 52.9 Å². The predicted molar refractivity (Wildman–Crippen MR) is 119 cm³/mol. The molecule has 3 aromatic rings. The molecule has 4 rings (SSSR count). The van der Waals surface area contributed by atoms with Crippen LogP contribution in [0.3, 0.4) is 0 Å². The first-order chi connectivity index (χ1) is 16.0. The number of sulfone groups is 1. The maximum Gasteiger partial charge on any atom is 0.470 e. The van der Waals surface area contributed by atoms with Gasteiger partial charge >= 0.3 is 12.1 Å². The van der Waals surface area contributed by atoms with E-state index in [1.165, 1.54) is 0 Å². The monoisotopic (exact) mass is 492 g/mol. The molecule has 2 heterocycles. The van der Waals surface area contributed by atoms with Gasteiger partial charge in [0.05, 0.1) is 11.5 Å². The molecule has 1 aliphatic rings. The second kappa shape index (κ2) is 9.39. The first-order valence-corrected chi connectivity index (χ1v) is 12.1. The molecule has 1 N–H and O–H groups in total. The van der Waals surface area contributed by atoms with Gasteiger partial charge in [-0.25, -0.2) is 8.42 Å². The molecule has 0 spiro atoms. The highest BCUT2D eigenvalue weighted by atomic mass is 32.2. The van der Waals surface area contributed by atoms with Gasteiger partial charge in [0.1, 0.15) is 7.85 Å². The highest BCUT2D eigenvalue weighted by molar-refractivity contribution is 7.91. The number of aliphatic hydroxyl groups is 1. The van der Waals surface area contributed by atoms with Gasteiger partial charge in [-0.3, -0.25) is 4.90 Å². The lowest BCUT2D eigenvalue weighted by Crippen LogP contribution is -2.53. The fourth-order valence-corrected chi connectivity index (χ4v) is 4.76. The van der Waals surface area contributed by atoms with E-state index in [1.807, 2.05) is 0 Å². The molecule has 13 heteroatoms. The second-order valence-electron chi connectivity index (χ2n) is 7.86. The van der Waals surface area contributed by atoms with Crippen LogP contribution in [0.4, 0.5) is 18.9 Å². The molecular weight excluding hydrogens is 472 g/mol. The SMILES string of the molecule is [B]c1ccc(N(Cc2ccc(-c3nnc(C(F)(F)F)o3)cc2)C(O)N2CCS(=O)(=O)CC2)cc1. The number of aliphatic hydroxyl groups excluding tert-OH is 1. The summed E-state index contributed by atoms with van der Waals surface area (Å²) in [5.41, 5.74) is 2.25. The standard InChI is InChI=1S/C21H20BF3N4O4S/c22-16-5-7-17(8-6-16)29(20(30)28-9-11-34(31,32)12-10-28)13-14-1-3-15(4-2-14)18-26-27-19(33-18)21(23,24)25/h1-8,20,30H,9-13H2. The minimum Gasteiger partial charge on any atom is -0.413 e. The van der Waals surface area contributed by atoms with Crippen molar-refractivity contribution >= 4 is 28.8 Å². The summed E-state index contributed by atoms with van der Waals surface area (Å²) in [6, 6.07) is 13.3. The van der Waals surface area contributed by atoms with Crippen molar-refractivity contribution < 1.29 is 31.1 Å². The van der Waals surface area contributed by atoms with E-state index in [9.17, 15) is 26.7 Å². The smallest absolute Gasteiger partial charge is 0.413 e. The Bertz CT molecular complexity index is 1220. The molecule has 1 fully saturated rings. The Morgan fingerprint density at radius 3 is 2.24 bits per heavy atom. The van der Waals surface area contributed by atoms with Crippen LogP contribution in [0.5, 0.6) is 0 Å². The highest BCUT2D eigenvalue weighted by Gasteiger charge is 2.38. The molecule has 178 valence electrons. The van der Waals surface area contributed by atoms with Gasteiger partial charge in [-0.05, 0) is 29.8 Å². The molecule has 0 bridgehead atoms. The molecule has 1 aliphatic heterocycles. The fraction of sp³-hybridized carbons (Fsp3) is 0.333. The number of nitrogens with zero attached hydrogens (tertiary/aromatic N) is 4. The zero-order valence-corrected chi connectivity index (χ0v) is 18.6. The summed E-state index contributed by atoms with van der Waals surface area (Å²) in [5, 5.41) is 17.6. The average Bonchev–Trinajstić information content (AvgIpc) is 3.29. The van der Waals surface area contributed by atoms with E-state index in [0.29, 0.717) is 16.7 Å². The van der Waals surface area contributed by atoms with E-state index in [1.54, 1.807) is 58.3 Å². The molecule has 2 radical (unpaired) electrons. The Hall–Kier alpha value is -2.90. The number of rotatable bonds is 6. The molecule has 1 atom stereocenters. The number of hydrogen-bond donors (Lipinski definition) is 1. The van der Waals surface area contributed by atoms with Crippen LogP contribution in [0.25, 0.3) is 11.5 Å². The van der Waals surface area contributed by atoms with Gasteiger partial charge in [0, 0.05) is 30.9 Å². The third-order valence-electron chi connectivity index (χ3n) is 5.43. The normalized spacial score (nSPS) is 17.4. The van der Waals surface area contributed by atoms with E-state index in [0.717, 1.165) is 5.56 Å². The summed E-state index contributed by atoms with van der Waals surface area (Å²) in [5.74, 6) is -1.77. The van der Waals surface area contributed by atoms with Crippen molar-refractivity contribution in [1.29, 1.82) is 0 Å². The number of benzene rings is 2. The Morgan fingerprint density at radius 2 is 1.68 bits per heavy atom. The maximum atomic E-state index is 12.7. The van der Waals surface area contributed by atoms with Gasteiger partial charge in [-0.15, -0.1) is 10.2 Å². The molecule has 0 aliphatic carbocycles. The van der Waals surface area contributed by atoms with Crippen LogP contribution < -0.4 is 10.4 Å². The minimum absolute atomic E-state index is 0.0432. The third kappa shape index (κ3) is 5.59. The molecule has 2 aromatic carbocycles. The van der Waals surface area contributed by atoms with E-state index in [-0.39, 0.29) is 37.0 Å².